The predicted octanol–water partition coefficient (Wildman–Crippen LogP) is 3.53. The van der Waals surface area contributed by atoms with Crippen molar-refractivity contribution in [3.05, 3.63) is 46.0 Å². The van der Waals surface area contributed by atoms with Gasteiger partial charge in [0.25, 0.3) is 0 Å². The molecule has 0 N–H and O–H groups in total. The zero-order chi connectivity index (χ0) is 12.1. The Kier molecular flexibility index (Phi) is 4.84. The van der Waals surface area contributed by atoms with Gasteiger partial charge in [0.05, 0.1) is 0 Å². The quantitative estimate of drug-likeness (QED) is 0.759. The van der Waals surface area contributed by atoms with E-state index in [-0.39, 0.29) is 5.91 Å². The van der Waals surface area contributed by atoms with Crippen LogP contribution in [0.3, 0.4) is 0 Å². The summed E-state index contributed by atoms with van der Waals surface area (Å²) in [7, 11) is 1.73. The van der Waals surface area contributed by atoms with Gasteiger partial charge in [0, 0.05) is 23.6 Å². The molecule has 0 saturated heterocycles. The fourth-order valence-electron chi connectivity index (χ4n) is 1.32. The summed E-state index contributed by atoms with van der Waals surface area (Å²) in [6, 6.07) is 5.26. The van der Waals surface area contributed by atoms with Crippen LogP contribution in [0, 0.1) is 0 Å². The number of likely N-dealkylation sites (N-methyl/N-ethyl adjacent to an activating group) is 1. The van der Waals surface area contributed by atoms with E-state index in [0.29, 0.717) is 16.6 Å². The molecular formula is C12H13Cl2NO. The van der Waals surface area contributed by atoms with Gasteiger partial charge in [-0.3, -0.25) is 4.79 Å². The lowest BCUT2D eigenvalue weighted by Gasteiger charge is -2.15. The second-order valence-electron chi connectivity index (χ2n) is 3.47. The van der Waals surface area contributed by atoms with E-state index in [1.165, 1.54) is 6.08 Å². The lowest BCUT2D eigenvalue weighted by molar-refractivity contribution is -0.125. The number of allylic oxidation sites excluding steroid dienone is 1. The molecule has 0 aliphatic carbocycles. The predicted molar refractivity (Wildman–Crippen MR) is 67.8 cm³/mol. The lowest BCUT2D eigenvalue weighted by Crippen LogP contribution is -2.24. The maximum absolute atomic E-state index is 11.5. The molecule has 0 spiro atoms. The van der Waals surface area contributed by atoms with Crippen LogP contribution in [0.4, 0.5) is 0 Å². The van der Waals surface area contributed by atoms with Gasteiger partial charge in [-0.05, 0) is 36.8 Å². The number of hydrogen-bond donors (Lipinski definition) is 0. The molecule has 2 nitrogen and oxygen atoms in total. The Hall–Kier alpha value is -0.990. The minimum Gasteiger partial charge on any atom is -0.338 e. The second-order valence-corrected chi connectivity index (χ2v) is 4.34. The van der Waals surface area contributed by atoms with Gasteiger partial charge in [-0.25, -0.2) is 0 Å². The summed E-state index contributed by atoms with van der Waals surface area (Å²) < 4.78 is 0. The standard InChI is InChI=1S/C12H13Cl2NO/c1-3-4-12(16)15(2)8-9-5-10(13)7-11(14)6-9/h3-7H,8H2,1-2H3. The molecule has 0 bridgehead atoms. The van der Waals surface area contributed by atoms with Crippen molar-refractivity contribution in [1.82, 2.24) is 4.90 Å². The SMILES string of the molecule is CC=CC(=O)N(C)Cc1cc(Cl)cc(Cl)c1. The summed E-state index contributed by atoms with van der Waals surface area (Å²) >= 11 is 11.7. The molecule has 1 rings (SSSR count). The molecule has 0 aromatic heterocycles. The molecule has 16 heavy (non-hydrogen) atoms. The van der Waals surface area contributed by atoms with E-state index in [1.807, 2.05) is 6.92 Å². The minimum absolute atomic E-state index is 0.0430. The number of benzene rings is 1. The third-order valence-corrected chi connectivity index (χ3v) is 2.46. The van der Waals surface area contributed by atoms with Crippen LogP contribution in [-0.4, -0.2) is 17.9 Å². The summed E-state index contributed by atoms with van der Waals surface area (Å²) in [5.41, 5.74) is 0.915. The lowest BCUT2D eigenvalue weighted by atomic mass is 10.2. The molecular weight excluding hydrogens is 245 g/mol. The summed E-state index contributed by atoms with van der Waals surface area (Å²) in [4.78, 5) is 13.1. The van der Waals surface area contributed by atoms with Crippen LogP contribution in [-0.2, 0) is 11.3 Å². The number of nitrogens with zero attached hydrogens (tertiary/aromatic N) is 1. The molecule has 1 amide bonds. The average molecular weight is 258 g/mol. The van der Waals surface area contributed by atoms with Crippen molar-refractivity contribution in [2.75, 3.05) is 7.05 Å². The van der Waals surface area contributed by atoms with Crippen LogP contribution in [0.2, 0.25) is 10.0 Å². The number of rotatable bonds is 3. The zero-order valence-corrected chi connectivity index (χ0v) is 10.7. The highest BCUT2D eigenvalue weighted by Crippen LogP contribution is 2.19. The van der Waals surface area contributed by atoms with Crippen LogP contribution in [0.1, 0.15) is 12.5 Å². The van der Waals surface area contributed by atoms with E-state index >= 15 is 0 Å². The average Bonchev–Trinajstić information content (AvgIpc) is 2.16. The molecule has 0 aliphatic rings. The molecule has 0 aliphatic heterocycles. The van der Waals surface area contributed by atoms with E-state index < -0.39 is 0 Å². The van der Waals surface area contributed by atoms with Crippen LogP contribution >= 0.6 is 23.2 Å². The molecule has 0 heterocycles. The third kappa shape index (κ3) is 3.87. The smallest absolute Gasteiger partial charge is 0.246 e. The highest BCUT2D eigenvalue weighted by atomic mass is 35.5. The number of carbonyl (C=O) groups excluding carboxylic acids is 1. The van der Waals surface area contributed by atoms with Crippen molar-refractivity contribution in [3.63, 3.8) is 0 Å². The highest BCUT2D eigenvalue weighted by Gasteiger charge is 2.06. The van der Waals surface area contributed by atoms with E-state index in [2.05, 4.69) is 0 Å². The number of carbonyl (C=O) groups is 1. The fourth-order valence-corrected chi connectivity index (χ4v) is 1.90. The van der Waals surface area contributed by atoms with Gasteiger partial charge in [0.2, 0.25) is 5.91 Å². The van der Waals surface area contributed by atoms with Gasteiger partial charge >= 0.3 is 0 Å². The Labute approximate surface area is 105 Å². The van der Waals surface area contributed by atoms with E-state index in [0.717, 1.165) is 5.56 Å². The summed E-state index contributed by atoms with van der Waals surface area (Å²) in [6.07, 6.45) is 3.23. The molecule has 0 unspecified atom stereocenters. The summed E-state index contributed by atoms with van der Waals surface area (Å²) in [5.74, 6) is -0.0430. The van der Waals surface area contributed by atoms with Gasteiger partial charge in [-0.1, -0.05) is 29.3 Å². The van der Waals surface area contributed by atoms with E-state index in [4.69, 9.17) is 23.2 Å². The first-order valence-corrected chi connectivity index (χ1v) is 5.61. The van der Waals surface area contributed by atoms with Gasteiger partial charge in [-0.2, -0.15) is 0 Å². The summed E-state index contributed by atoms with van der Waals surface area (Å²) in [5, 5.41) is 1.16. The highest BCUT2D eigenvalue weighted by molar-refractivity contribution is 6.34. The van der Waals surface area contributed by atoms with Crippen molar-refractivity contribution in [3.8, 4) is 0 Å². The van der Waals surface area contributed by atoms with Crippen molar-refractivity contribution in [1.29, 1.82) is 0 Å². The van der Waals surface area contributed by atoms with Gasteiger partial charge in [0.1, 0.15) is 0 Å². The Balaban J connectivity index is 2.76. The molecule has 0 saturated carbocycles. The Morgan fingerprint density at radius 2 is 1.88 bits per heavy atom. The molecule has 0 fully saturated rings. The maximum Gasteiger partial charge on any atom is 0.246 e. The largest absolute Gasteiger partial charge is 0.338 e. The third-order valence-electron chi connectivity index (χ3n) is 2.03. The molecule has 0 atom stereocenters. The van der Waals surface area contributed by atoms with Crippen molar-refractivity contribution >= 4 is 29.1 Å². The topological polar surface area (TPSA) is 20.3 Å². The Bertz CT molecular complexity index is 395. The normalized spacial score (nSPS) is 10.8. The second kappa shape index (κ2) is 5.92. The first kappa shape index (κ1) is 13.1. The minimum atomic E-state index is -0.0430. The van der Waals surface area contributed by atoms with Crippen LogP contribution in [0.5, 0.6) is 0 Å². The molecule has 4 heteroatoms. The van der Waals surface area contributed by atoms with E-state index in [1.54, 1.807) is 36.2 Å². The van der Waals surface area contributed by atoms with Gasteiger partial charge < -0.3 is 4.90 Å². The van der Waals surface area contributed by atoms with Crippen LogP contribution in [0.15, 0.2) is 30.4 Å². The molecule has 0 radical (unpaired) electrons. The van der Waals surface area contributed by atoms with Crippen LogP contribution < -0.4 is 0 Å². The molecule has 1 aromatic carbocycles. The van der Waals surface area contributed by atoms with Crippen molar-refractivity contribution in [2.45, 2.75) is 13.5 Å². The van der Waals surface area contributed by atoms with Crippen molar-refractivity contribution < 1.29 is 4.79 Å². The van der Waals surface area contributed by atoms with E-state index in [9.17, 15) is 4.79 Å². The van der Waals surface area contributed by atoms with Gasteiger partial charge in [-0.15, -0.1) is 0 Å². The first-order valence-electron chi connectivity index (χ1n) is 4.85. The number of halogens is 2. The summed E-state index contributed by atoms with van der Waals surface area (Å²) in [6.45, 7) is 2.30. The van der Waals surface area contributed by atoms with Crippen LogP contribution in [0.25, 0.3) is 0 Å². The maximum atomic E-state index is 11.5. The number of hydrogen-bond acceptors (Lipinski definition) is 1. The Morgan fingerprint density at radius 1 is 1.31 bits per heavy atom. The zero-order valence-electron chi connectivity index (χ0n) is 9.21. The van der Waals surface area contributed by atoms with Crippen molar-refractivity contribution in [2.24, 2.45) is 0 Å². The Morgan fingerprint density at radius 3 is 2.38 bits per heavy atom. The first-order chi connectivity index (χ1) is 7.52. The molecule has 1 aromatic rings. The number of amides is 1. The monoisotopic (exact) mass is 257 g/mol. The fraction of sp³-hybridized carbons (Fsp3) is 0.250. The van der Waals surface area contributed by atoms with Gasteiger partial charge in [0.15, 0.2) is 0 Å². The molecule has 86 valence electrons.